The van der Waals surface area contributed by atoms with Crippen molar-refractivity contribution in [2.24, 2.45) is 0 Å². The number of amides is 1. The lowest BCUT2D eigenvalue weighted by molar-refractivity contribution is -0.122. The molecule has 1 saturated heterocycles. The van der Waals surface area contributed by atoms with Gasteiger partial charge in [-0.15, -0.1) is 11.3 Å². The molecule has 0 radical (unpaired) electrons. The molecular weight excluding hydrogens is 270 g/mol. The Balaban J connectivity index is 1.57. The number of hydrogen-bond donors (Lipinski definition) is 2. The van der Waals surface area contributed by atoms with Crippen LogP contribution < -0.4 is 10.6 Å². The number of carbonyl (C=O) groups excluding carboxylic acids is 1. The quantitative estimate of drug-likeness (QED) is 0.906. The zero-order valence-electron chi connectivity index (χ0n) is 11.1. The van der Waals surface area contributed by atoms with Crippen molar-refractivity contribution >= 4 is 17.2 Å². The van der Waals surface area contributed by atoms with E-state index in [1.54, 1.807) is 11.3 Å². The van der Waals surface area contributed by atoms with Crippen LogP contribution in [0.4, 0.5) is 0 Å². The van der Waals surface area contributed by atoms with Gasteiger partial charge < -0.3 is 10.6 Å². The summed E-state index contributed by atoms with van der Waals surface area (Å²) in [5.41, 5.74) is 4.11. The summed E-state index contributed by atoms with van der Waals surface area (Å²) in [6, 6.07) is 8.24. The van der Waals surface area contributed by atoms with Crippen LogP contribution in [0.5, 0.6) is 0 Å². The normalized spacial score (nSPS) is 18.1. The number of aromatic nitrogens is 1. The van der Waals surface area contributed by atoms with Gasteiger partial charge in [0.1, 0.15) is 0 Å². The second-order valence-electron chi connectivity index (χ2n) is 4.93. The van der Waals surface area contributed by atoms with E-state index in [-0.39, 0.29) is 11.9 Å². The lowest BCUT2D eigenvalue weighted by atomic mass is 10.1. The number of thiazole rings is 1. The third-order valence-corrected chi connectivity index (χ3v) is 4.34. The van der Waals surface area contributed by atoms with Gasteiger partial charge in [-0.1, -0.05) is 24.3 Å². The van der Waals surface area contributed by atoms with Gasteiger partial charge in [0.05, 0.1) is 16.4 Å². The molecule has 4 nitrogen and oxygen atoms in total. The largest absolute Gasteiger partial charge is 0.351 e. The summed E-state index contributed by atoms with van der Waals surface area (Å²) in [6.45, 7) is 1.53. The van der Waals surface area contributed by atoms with Crippen LogP contribution in [0.2, 0.25) is 0 Å². The molecule has 1 aromatic heterocycles. The fourth-order valence-electron chi connectivity index (χ4n) is 2.37. The highest BCUT2D eigenvalue weighted by atomic mass is 32.1. The molecule has 1 unspecified atom stereocenters. The second kappa shape index (κ2) is 6.15. The van der Waals surface area contributed by atoms with E-state index in [0.29, 0.717) is 6.54 Å². The molecule has 2 N–H and O–H groups in total. The molecule has 1 aromatic carbocycles. The van der Waals surface area contributed by atoms with Crippen LogP contribution in [0.1, 0.15) is 18.4 Å². The average Bonchev–Trinajstić information content (AvgIpc) is 3.18. The highest BCUT2D eigenvalue weighted by Gasteiger charge is 2.21. The highest BCUT2D eigenvalue weighted by molar-refractivity contribution is 7.13. The van der Waals surface area contributed by atoms with E-state index < -0.39 is 0 Å². The molecule has 3 rings (SSSR count). The van der Waals surface area contributed by atoms with Gasteiger partial charge >= 0.3 is 0 Å². The first kappa shape index (κ1) is 13.3. The summed E-state index contributed by atoms with van der Waals surface area (Å²) >= 11 is 1.63. The fraction of sp³-hybridized carbons (Fsp3) is 0.333. The molecule has 1 atom stereocenters. The molecule has 2 aromatic rings. The standard InChI is InChI=1S/C15H17N3OS/c19-15(13-2-1-7-17-13)18-8-11-3-5-12(6-4-11)14-9-16-10-20-14/h3-6,9-10,13,17H,1-2,7-8H2,(H,18,19). The van der Waals surface area contributed by atoms with Gasteiger partial charge in [0.25, 0.3) is 0 Å². The molecule has 2 heterocycles. The van der Waals surface area contributed by atoms with Crippen LogP contribution in [0.25, 0.3) is 10.4 Å². The summed E-state index contributed by atoms with van der Waals surface area (Å²) in [4.78, 5) is 17.1. The van der Waals surface area contributed by atoms with E-state index in [1.165, 1.54) is 5.56 Å². The van der Waals surface area contributed by atoms with E-state index >= 15 is 0 Å². The molecule has 1 amide bonds. The van der Waals surface area contributed by atoms with E-state index in [9.17, 15) is 4.79 Å². The summed E-state index contributed by atoms with van der Waals surface area (Å²) in [5, 5.41) is 6.19. The van der Waals surface area contributed by atoms with E-state index in [0.717, 1.165) is 29.8 Å². The van der Waals surface area contributed by atoms with Gasteiger partial charge in [0.15, 0.2) is 0 Å². The minimum Gasteiger partial charge on any atom is -0.351 e. The van der Waals surface area contributed by atoms with Crippen molar-refractivity contribution in [3.05, 3.63) is 41.5 Å². The van der Waals surface area contributed by atoms with Crippen LogP contribution in [0, 0.1) is 0 Å². The summed E-state index contributed by atoms with van der Waals surface area (Å²) < 4.78 is 0. The van der Waals surface area contributed by atoms with Gasteiger partial charge in [-0.2, -0.15) is 0 Å². The predicted molar refractivity (Wildman–Crippen MR) is 80.4 cm³/mol. The number of hydrogen-bond acceptors (Lipinski definition) is 4. The van der Waals surface area contributed by atoms with Gasteiger partial charge in [0.2, 0.25) is 5.91 Å². The Morgan fingerprint density at radius 2 is 2.25 bits per heavy atom. The number of nitrogens with one attached hydrogen (secondary N) is 2. The maximum absolute atomic E-state index is 11.9. The predicted octanol–water partition coefficient (Wildman–Crippen LogP) is 2.18. The first-order valence-corrected chi connectivity index (χ1v) is 7.70. The minimum absolute atomic E-state index is 0.00790. The second-order valence-corrected chi connectivity index (χ2v) is 5.82. The van der Waals surface area contributed by atoms with Crippen LogP contribution in [0.15, 0.2) is 36.0 Å². The van der Waals surface area contributed by atoms with Gasteiger partial charge in [-0.25, -0.2) is 0 Å². The molecule has 5 heteroatoms. The summed E-state index contributed by atoms with van der Waals surface area (Å²) in [7, 11) is 0. The topological polar surface area (TPSA) is 54.0 Å². The number of nitrogens with zero attached hydrogens (tertiary/aromatic N) is 1. The maximum atomic E-state index is 11.9. The van der Waals surface area contributed by atoms with Crippen molar-refractivity contribution in [3.63, 3.8) is 0 Å². The van der Waals surface area contributed by atoms with Crippen LogP contribution in [0.3, 0.4) is 0 Å². The Morgan fingerprint density at radius 3 is 2.90 bits per heavy atom. The highest BCUT2D eigenvalue weighted by Crippen LogP contribution is 2.23. The average molecular weight is 287 g/mol. The molecule has 104 valence electrons. The summed E-state index contributed by atoms with van der Waals surface area (Å²) in [6.07, 6.45) is 3.89. The van der Waals surface area contributed by atoms with Crippen molar-refractivity contribution in [2.75, 3.05) is 6.54 Å². The Hall–Kier alpha value is -1.72. The van der Waals surface area contributed by atoms with Crippen molar-refractivity contribution < 1.29 is 4.79 Å². The van der Waals surface area contributed by atoms with E-state index in [4.69, 9.17) is 0 Å². The summed E-state index contributed by atoms with van der Waals surface area (Å²) in [5.74, 6) is 0.106. The molecule has 0 saturated carbocycles. The maximum Gasteiger partial charge on any atom is 0.237 e. The monoisotopic (exact) mass is 287 g/mol. The van der Waals surface area contributed by atoms with E-state index in [1.807, 2.05) is 11.7 Å². The van der Waals surface area contributed by atoms with Crippen LogP contribution in [-0.4, -0.2) is 23.5 Å². The minimum atomic E-state index is -0.00790. The SMILES string of the molecule is O=C(NCc1ccc(-c2cncs2)cc1)C1CCCN1. The van der Waals surface area contributed by atoms with Crippen molar-refractivity contribution in [2.45, 2.75) is 25.4 Å². The molecule has 1 aliphatic rings. The molecule has 0 bridgehead atoms. The van der Waals surface area contributed by atoms with Crippen molar-refractivity contribution in [3.8, 4) is 10.4 Å². The molecule has 1 fully saturated rings. The van der Waals surface area contributed by atoms with Crippen molar-refractivity contribution in [1.82, 2.24) is 15.6 Å². The molecule has 1 aliphatic heterocycles. The molecular formula is C15H17N3OS. The number of rotatable bonds is 4. The Morgan fingerprint density at radius 1 is 1.40 bits per heavy atom. The molecule has 0 spiro atoms. The zero-order valence-corrected chi connectivity index (χ0v) is 12.0. The first-order chi connectivity index (χ1) is 9.83. The lowest BCUT2D eigenvalue weighted by Gasteiger charge is -2.11. The van der Waals surface area contributed by atoms with Gasteiger partial charge in [0, 0.05) is 12.7 Å². The smallest absolute Gasteiger partial charge is 0.237 e. The molecule has 0 aliphatic carbocycles. The Labute approximate surface area is 122 Å². The third kappa shape index (κ3) is 3.05. The van der Waals surface area contributed by atoms with Crippen molar-refractivity contribution in [1.29, 1.82) is 0 Å². The van der Waals surface area contributed by atoms with Crippen LogP contribution >= 0.6 is 11.3 Å². The Kier molecular flexibility index (Phi) is 4.08. The van der Waals surface area contributed by atoms with E-state index in [2.05, 4.69) is 39.9 Å². The van der Waals surface area contributed by atoms with Gasteiger partial charge in [-0.05, 0) is 30.5 Å². The zero-order chi connectivity index (χ0) is 13.8. The lowest BCUT2D eigenvalue weighted by Crippen LogP contribution is -2.39. The number of carbonyl (C=O) groups is 1. The number of benzene rings is 1. The molecule has 20 heavy (non-hydrogen) atoms. The van der Waals surface area contributed by atoms with Crippen LogP contribution in [-0.2, 0) is 11.3 Å². The fourth-order valence-corrected chi connectivity index (χ4v) is 3.00. The first-order valence-electron chi connectivity index (χ1n) is 6.82. The van der Waals surface area contributed by atoms with Gasteiger partial charge in [-0.3, -0.25) is 9.78 Å². The Bertz CT molecular complexity index is 559. The third-order valence-electron chi connectivity index (χ3n) is 3.51.